The van der Waals surface area contributed by atoms with E-state index in [-0.39, 0.29) is 11.7 Å². The van der Waals surface area contributed by atoms with Gasteiger partial charge in [-0.3, -0.25) is 5.10 Å². The number of phenols is 1. The molecule has 0 fully saturated rings. The number of unbranched alkanes of at least 4 members (excludes halogenated alkanes) is 2. The van der Waals surface area contributed by atoms with Gasteiger partial charge >= 0.3 is 0 Å². The summed E-state index contributed by atoms with van der Waals surface area (Å²) in [7, 11) is 0. The topological polar surface area (TPSA) is 86.5 Å². The highest BCUT2D eigenvalue weighted by molar-refractivity contribution is 5.52. The zero-order valence-corrected chi connectivity index (χ0v) is 11.8. The zero-order valence-electron chi connectivity index (χ0n) is 11.8. The van der Waals surface area contributed by atoms with Crippen LogP contribution in [0.5, 0.6) is 5.75 Å². The number of nitrogens with zero attached hydrogens (tertiary/aromatic N) is 4. The fourth-order valence-electron chi connectivity index (χ4n) is 1.86. The van der Waals surface area contributed by atoms with Crippen LogP contribution in [0, 0.1) is 6.92 Å². The normalized spacial score (nSPS) is 11.3. The SMILES string of the molecule is CCCCCc1ccc(O)c(N=Nc2n[nH]c(C)n2)c1. The number of phenolic OH excluding ortho intramolecular Hbond substituents is 1. The maximum atomic E-state index is 9.79. The Labute approximate surface area is 118 Å². The van der Waals surface area contributed by atoms with E-state index < -0.39 is 0 Å². The summed E-state index contributed by atoms with van der Waals surface area (Å²) in [6.07, 6.45) is 4.51. The Bertz CT molecular complexity index is 591. The fourth-order valence-corrected chi connectivity index (χ4v) is 1.86. The first kappa shape index (κ1) is 14.2. The van der Waals surface area contributed by atoms with Gasteiger partial charge in [0.1, 0.15) is 17.3 Å². The lowest BCUT2D eigenvalue weighted by molar-refractivity contribution is 0.476. The van der Waals surface area contributed by atoms with E-state index in [1.54, 1.807) is 13.0 Å². The molecule has 0 amide bonds. The standard InChI is InChI=1S/C14H19N5O/c1-3-4-5-6-11-7-8-13(20)12(9-11)17-19-14-15-10(2)16-18-14/h7-9,20H,3-6H2,1-2H3,(H,15,16,18). The van der Waals surface area contributed by atoms with Crippen LogP contribution in [-0.4, -0.2) is 20.3 Å². The minimum Gasteiger partial charge on any atom is -0.506 e. The second-order valence-corrected chi connectivity index (χ2v) is 4.70. The van der Waals surface area contributed by atoms with Gasteiger partial charge in [0.15, 0.2) is 0 Å². The van der Waals surface area contributed by atoms with Gasteiger partial charge in [-0.15, -0.1) is 15.3 Å². The number of hydrogen-bond donors (Lipinski definition) is 2. The first-order valence-corrected chi connectivity index (χ1v) is 6.81. The zero-order chi connectivity index (χ0) is 14.4. The van der Waals surface area contributed by atoms with Crippen LogP contribution in [0.25, 0.3) is 0 Å². The number of azo groups is 1. The maximum Gasteiger partial charge on any atom is 0.287 e. The molecule has 0 bridgehead atoms. The predicted octanol–water partition coefficient (Wildman–Crippen LogP) is 3.97. The van der Waals surface area contributed by atoms with Crippen LogP contribution in [0.3, 0.4) is 0 Å². The van der Waals surface area contributed by atoms with Gasteiger partial charge in [0.2, 0.25) is 0 Å². The van der Waals surface area contributed by atoms with Gasteiger partial charge in [-0.25, -0.2) is 0 Å². The number of aromatic amines is 1. The molecule has 106 valence electrons. The van der Waals surface area contributed by atoms with Crippen molar-refractivity contribution in [3.05, 3.63) is 29.6 Å². The van der Waals surface area contributed by atoms with Crippen molar-refractivity contribution in [2.75, 3.05) is 0 Å². The first-order valence-electron chi connectivity index (χ1n) is 6.81. The molecule has 1 aromatic heterocycles. The average Bonchev–Trinajstić information content (AvgIpc) is 2.85. The van der Waals surface area contributed by atoms with Gasteiger partial charge in [0.05, 0.1) is 0 Å². The largest absolute Gasteiger partial charge is 0.506 e. The lowest BCUT2D eigenvalue weighted by Gasteiger charge is -2.03. The molecule has 0 saturated carbocycles. The molecule has 2 N–H and O–H groups in total. The molecule has 0 aliphatic rings. The third-order valence-electron chi connectivity index (χ3n) is 2.94. The second-order valence-electron chi connectivity index (χ2n) is 4.70. The summed E-state index contributed by atoms with van der Waals surface area (Å²) in [5, 5.41) is 24.3. The van der Waals surface area contributed by atoms with Gasteiger partial charge in [-0.2, -0.15) is 4.98 Å². The molecule has 0 atom stereocenters. The van der Waals surface area contributed by atoms with Gasteiger partial charge in [-0.1, -0.05) is 25.8 Å². The summed E-state index contributed by atoms with van der Waals surface area (Å²) in [5.41, 5.74) is 1.60. The number of aromatic hydroxyl groups is 1. The molecule has 2 aromatic rings. The highest BCUT2D eigenvalue weighted by Gasteiger charge is 2.03. The van der Waals surface area contributed by atoms with Crippen molar-refractivity contribution in [3.8, 4) is 5.75 Å². The Morgan fingerprint density at radius 3 is 2.80 bits per heavy atom. The Morgan fingerprint density at radius 1 is 1.25 bits per heavy atom. The molecule has 0 saturated heterocycles. The third kappa shape index (κ3) is 3.88. The van der Waals surface area contributed by atoms with Crippen LogP contribution in [0.4, 0.5) is 11.6 Å². The van der Waals surface area contributed by atoms with Crippen LogP contribution in [-0.2, 0) is 6.42 Å². The summed E-state index contributed by atoms with van der Waals surface area (Å²) in [4.78, 5) is 4.03. The van der Waals surface area contributed by atoms with E-state index in [0.717, 1.165) is 18.4 Å². The molecule has 1 heterocycles. The van der Waals surface area contributed by atoms with E-state index >= 15 is 0 Å². The molecular weight excluding hydrogens is 254 g/mol. The number of hydrogen-bond acceptors (Lipinski definition) is 5. The smallest absolute Gasteiger partial charge is 0.287 e. The van der Waals surface area contributed by atoms with Crippen LogP contribution in [0.15, 0.2) is 28.4 Å². The minimum absolute atomic E-state index is 0.111. The number of aryl methyl sites for hydroxylation is 2. The van der Waals surface area contributed by atoms with Crippen molar-refractivity contribution in [3.63, 3.8) is 0 Å². The number of rotatable bonds is 6. The first-order chi connectivity index (χ1) is 9.69. The van der Waals surface area contributed by atoms with E-state index in [9.17, 15) is 5.11 Å². The van der Waals surface area contributed by atoms with Crippen molar-refractivity contribution in [1.82, 2.24) is 15.2 Å². The lowest BCUT2D eigenvalue weighted by atomic mass is 10.1. The van der Waals surface area contributed by atoms with E-state index in [0.29, 0.717) is 11.5 Å². The Morgan fingerprint density at radius 2 is 2.10 bits per heavy atom. The molecule has 6 heteroatoms. The molecule has 20 heavy (non-hydrogen) atoms. The van der Waals surface area contributed by atoms with Crippen molar-refractivity contribution in [2.45, 2.75) is 39.5 Å². The van der Waals surface area contributed by atoms with Crippen LogP contribution >= 0.6 is 0 Å². The van der Waals surface area contributed by atoms with Crippen LogP contribution in [0.1, 0.15) is 37.6 Å². The van der Waals surface area contributed by atoms with E-state index in [2.05, 4.69) is 32.3 Å². The Balaban J connectivity index is 2.10. The van der Waals surface area contributed by atoms with E-state index in [1.165, 1.54) is 12.8 Å². The molecular formula is C14H19N5O. The van der Waals surface area contributed by atoms with Gasteiger partial charge < -0.3 is 5.11 Å². The summed E-state index contributed by atoms with van der Waals surface area (Å²) in [5.74, 6) is 1.05. The number of aromatic nitrogens is 3. The van der Waals surface area contributed by atoms with Gasteiger partial charge in [0, 0.05) is 0 Å². The summed E-state index contributed by atoms with van der Waals surface area (Å²) in [6.45, 7) is 3.97. The second kappa shape index (κ2) is 6.79. The van der Waals surface area contributed by atoms with Crippen molar-refractivity contribution in [2.24, 2.45) is 10.2 Å². The third-order valence-corrected chi connectivity index (χ3v) is 2.94. The Kier molecular flexibility index (Phi) is 4.81. The molecule has 0 spiro atoms. The van der Waals surface area contributed by atoms with Crippen LogP contribution in [0.2, 0.25) is 0 Å². The quantitative estimate of drug-likeness (QED) is 0.616. The average molecular weight is 273 g/mol. The van der Waals surface area contributed by atoms with Gasteiger partial charge in [-0.05, 0) is 37.5 Å². The van der Waals surface area contributed by atoms with Crippen molar-refractivity contribution < 1.29 is 5.11 Å². The molecule has 2 rings (SSSR count). The molecule has 0 aliphatic carbocycles. The molecule has 0 radical (unpaired) electrons. The molecule has 6 nitrogen and oxygen atoms in total. The summed E-state index contributed by atoms with van der Waals surface area (Å²) < 4.78 is 0. The lowest BCUT2D eigenvalue weighted by Crippen LogP contribution is -1.85. The highest BCUT2D eigenvalue weighted by atomic mass is 16.3. The number of benzene rings is 1. The summed E-state index contributed by atoms with van der Waals surface area (Å²) in [6, 6.07) is 5.42. The van der Waals surface area contributed by atoms with E-state index in [4.69, 9.17) is 0 Å². The van der Waals surface area contributed by atoms with Crippen LogP contribution < -0.4 is 0 Å². The van der Waals surface area contributed by atoms with Gasteiger partial charge in [0.25, 0.3) is 5.95 Å². The minimum atomic E-state index is 0.111. The fraction of sp³-hybridized carbons (Fsp3) is 0.429. The molecule has 1 aromatic carbocycles. The summed E-state index contributed by atoms with van der Waals surface area (Å²) >= 11 is 0. The highest BCUT2D eigenvalue weighted by Crippen LogP contribution is 2.29. The molecule has 0 aliphatic heterocycles. The number of H-pyrrole nitrogens is 1. The number of nitrogens with one attached hydrogen (secondary N) is 1. The monoisotopic (exact) mass is 273 g/mol. The Hall–Kier alpha value is -2.24. The van der Waals surface area contributed by atoms with Crippen molar-refractivity contribution >= 4 is 11.6 Å². The van der Waals surface area contributed by atoms with Crippen molar-refractivity contribution in [1.29, 1.82) is 0 Å². The van der Waals surface area contributed by atoms with E-state index in [1.807, 2.05) is 12.1 Å². The predicted molar refractivity (Wildman–Crippen MR) is 76.6 cm³/mol. The molecule has 0 unspecified atom stereocenters. The maximum absolute atomic E-state index is 9.79.